The lowest BCUT2D eigenvalue weighted by atomic mass is 9.83. The zero-order valence-corrected chi connectivity index (χ0v) is 10.7. The minimum atomic E-state index is -0.499. The SMILES string of the molecule is CCN=C1NC(=O)C2(CCOC(C(C)C)C2)N1. The standard InChI is InChI=1S/C12H21N3O2/c1-4-13-11-14-10(16)12(15-11)5-6-17-9(7-12)8(2)3/h8-9H,4-7H2,1-3H3,(H2,13,14,15,16). The van der Waals surface area contributed by atoms with Crippen molar-refractivity contribution < 1.29 is 9.53 Å². The fourth-order valence-electron chi connectivity index (χ4n) is 2.42. The molecule has 0 radical (unpaired) electrons. The molecule has 0 bridgehead atoms. The highest BCUT2D eigenvalue weighted by Crippen LogP contribution is 2.30. The van der Waals surface area contributed by atoms with Crippen LogP contribution in [-0.2, 0) is 9.53 Å². The van der Waals surface area contributed by atoms with E-state index in [1.165, 1.54) is 0 Å². The van der Waals surface area contributed by atoms with Crippen molar-refractivity contribution in [1.29, 1.82) is 0 Å². The van der Waals surface area contributed by atoms with Crippen molar-refractivity contribution in [2.24, 2.45) is 10.9 Å². The number of nitrogens with one attached hydrogen (secondary N) is 2. The van der Waals surface area contributed by atoms with Gasteiger partial charge in [-0.3, -0.25) is 15.1 Å². The molecule has 2 atom stereocenters. The van der Waals surface area contributed by atoms with E-state index < -0.39 is 5.54 Å². The van der Waals surface area contributed by atoms with Gasteiger partial charge in [0.05, 0.1) is 6.10 Å². The normalized spacial score (nSPS) is 35.4. The van der Waals surface area contributed by atoms with Crippen molar-refractivity contribution in [2.75, 3.05) is 13.2 Å². The number of nitrogens with zero attached hydrogens (tertiary/aromatic N) is 1. The van der Waals surface area contributed by atoms with Gasteiger partial charge in [-0.1, -0.05) is 13.8 Å². The Morgan fingerprint density at radius 1 is 1.59 bits per heavy atom. The van der Waals surface area contributed by atoms with Crippen molar-refractivity contribution in [2.45, 2.75) is 45.3 Å². The lowest BCUT2D eigenvalue weighted by Crippen LogP contribution is -2.54. The van der Waals surface area contributed by atoms with Gasteiger partial charge in [-0.2, -0.15) is 0 Å². The molecule has 0 aromatic carbocycles. The molecular formula is C12H21N3O2. The molecule has 1 amide bonds. The van der Waals surface area contributed by atoms with E-state index >= 15 is 0 Å². The zero-order chi connectivity index (χ0) is 12.5. The highest BCUT2D eigenvalue weighted by molar-refractivity contribution is 6.09. The molecule has 2 unspecified atom stereocenters. The number of rotatable bonds is 2. The van der Waals surface area contributed by atoms with Crippen LogP contribution in [0.5, 0.6) is 0 Å². The molecule has 2 heterocycles. The smallest absolute Gasteiger partial charge is 0.252 e. The molecule has 0 aromatic rings. The molecule has 1 spiro atoms. The van der Waals surface area contributed by atoms with E-state index in [0.29, 0.717) is 31.4 Å². The predicted molar refractivity (Wildman–Crippen MR) is 65.8 cm³/mol. The second-order valence-corrected chi connectivity index (χ2v) is 5.09. The van der Waals surface area contributed by atoms with Crippen LogP contribution in [-0.4, -0.2) is 36.7 Å². The third-order valence-corrected chi connectivity index (χ3v) is 3.49. The van der Waals surface area contributed by atoms with E-state index in [1.54, 1.807) is 0 Å². The van der Waals surface area contributed by atoms with Gasteiger partial charge in [-0.15, -0.1) is 0 Å². The summed E-state index contributed by atoms with van der Waals surface area (Å²) in [6.07, 6.45) is 1.58. The van der Waals surface area contributed by atoms with Gasteiger partial charge in [0.25, 0.3) is 5.91 Å². The van der Waals surface area contributed by atoms with E-state index in [1.807, 2.05) is 6.92 Å². The molecule has 2 aliphatic heterocycles. The third-order valence-electron chi connectivity index (χ3n) is 3.49. The van der Waals surface area contributed by atoms with Crippen molar-refractivity contribution in [3.05, 3.63) is 0 Å². The van der Waals surface area contributed by atoms with E-state index in [0.717, 1.165) is 6.42 Å². The minimum absolute atomic E-state index is 0.0404. The number of ether oxygens (including phenoxy) is 1. The van der Waals surface area contributed by atoms with Crippen LogP contribution in [0.3, 0.4) is 0 Å². The number of carbonyl (C=O) groups is 1. The molecule has 5 nitrogen and oxygen atoms in total. The van der Waals surface area contributed by atoms with Crippen molar-refractivity contribution in [3.63, 3.8) is 0 Å². The van der Waals surface area contributed by atoms with Crippen LogP contribution in [0.15, 0.2) is 4.99 Å². The largest absolute Gasteiger partial charge is 0.378 e. The maximum atomic E-state index is 12.1. The molecule has 2 aliphatic rings. The summed E-state index contributed by atoms with van der Waals surface area (Å²) in [6, 6.07) is 0. The van der Waals surface area contributed by atoms with Gasteiger partial charge in [0.15, 0.2) is 5.96 Å². The Morgan fingerprint density at radius 2 is 2.35 bits per heavy atom. The summed E-state index contributed by atoms with van der Waals surface area (Å²) in [5.74, 6) is 1.08. The fraction of sp³-hybridized carbons (Fsp3) is 0.833. The van der Waals surface area contributed by atoms with Crippen LogP contribution in [0, 0.1) is 5.92 Å². The maximum absolute atomic E-state index is 12.1. The Morgan fingerprint density at radius 3 is 3.00 bits per heavy atom. The lowest BCUT2D eigenvalue weighted by molar-refractivity contribution is -0.131. The third kappa shape index (κ3) is 2.29. The molecule has 2 saturated heterocycles. The van der Waals surface area contributed by atoms with Crippen LogP contribution >= 0.6 is 0 Å². The summed E-state index contributed by atoms with van der Waals surface area (Å²) < 4.78 is 5.71. The van der Waals surface area contributed by atoms with Crippen LogP contribution in [0.4, 0.5) is 0 Å². The van der Waals surface area contributed by atoms with Gasteiger partial charge < -0.3 is 10.1 Å². The number of hydrogen-bond donors (Lipinski definition) is 2. The number of guanidine groups is 1. The van der Waals surface area contributed by atoms with Gasteiger partial charge in [-0.25, -0.2) is 0 Å². The molecule has 2 N–H and O–H groups in total. The average Bonchev–Trinajstić information content (AvgIpc) is 2.56. The van der Waals surface area contributed by atoms with E-state index in [9.17, 15) is 4.79 Å². The van der Waals surface area contributed by atoms with Crippen LogP contribution in [0.25, 0.3) is 0 Å². The van der Waals surface area contributed by atoms with Crippen molar-refractivity contribution in [3.8, 4) is 0 Å². The molecule has 0 aliphatic carbocycles. The first kappa shape index (κ1) is 12.4. The minimum Gasteiger partial charge on any atom is -0.378 e. The van der Waals surface area contributed by atoms with E-state index in [-0.39, 0.29) is 12.0 Å². The van der Waals surface area contributed by atoms with Crippen molar-refractivity contribution in [1.82, 2.24) is 10.6 Å². The first-order chi connectivity index (χ1) is 8.07. The molecule has 17 heavy (non-hydrogen) atoms. The summed E-state index contributed by atoms with van der Waals surface area (Å²) in [7, 11) is 0. The highest BCUT2D eigenvalue weighted by Gasteiger charge is 2.48. The number of hydrogen-bond acceptors (Lipinski definition) is 3. The molecule has 96 valence electrons. The van der Waals surface area contributed by atoms with Crippen LogP contribution in [0.2, 0.25) is 0 Å². The van der Waals surface area contributed by atoms with Gasteiger partial charge >= 0.3 is 0 Å². The Bertz CT molecular complexity index is 341. The maximum Gasteiger partial charge on any atom is 0.252 e. The molecule has 2 rings (SSSR count). The van der Waals surface area contributed by atoms with Gasteiger partial charge in [0, 0.05) is 26.0 Å². The first-order valence-corrected chi connectivity index (χ1v) is 6.33. The molecule has 2 fully saturated rings. The lowest BCUT2D eigenvalue weighted by Gasteiger charge is -2.37. The first-order valence-electron chi connectivity index (χ1n) is 6.33. The number of aliphatic imine (C=N–C) groups is 1. The van der Waals surface area contributed by atoms with E-state index in [4.69, 9.17) is 4.74 Å². The summed E-state index contributed by atoms with van der Waals surface area (Å²) in [5, 5.41) is 6.07. The second kappa shape index (κ2) is 4.64. The monoisotopic (exact) mass is 239 g/mol. The topological polar surface area (TPSA) is 62.7 Å². The molecule has 0 saturated carbocycles. The van der Waals surface area contributed by atoms with Crippen LogP contribution in [0.1, 0.15) is 33.6 Å². The second-order valence-electron chi connectivity index (χ2n) is 5.09. The van der Waals surface area contributed by atoms with E-state index in [2.05, 4.69) is 29.5 Å². The van der Waals surface area contributed by atoms with Gasteiger partial charge in [-0.05, 0) is 12.8 Å². The van der Waals surface area contributed by atoms with Crippen LogP contribution < -0.4 is 10.6 Å². The molecule has 5 heteroatoms. The Hall–Kier alpha value is -1.10. The van der Waals surface area contributed by atoms with Gasteiger partial charge in [0.2, 0.25) is 0 Å². The summed E-state index contributed by atoms with van der Waals surface area (Å²) in [6.45, 7) is 7.49. The molecule has 0 aromatic heterocycles. The average molecular weight is 239 g/mol. The quantitative estimate of drug-likeness (QED) is 0.744. The molecular weight excluding hydrogens is 218 g/mol. The summed E-state index contributed by atoms with van der Waals surface area (Å²) in [5.41, 5.74) is -0.499. The van der Waals surface area contributed by atoms with Gasteiger partial charge in [0.1, 0.15) is 5.54 Å². The highest BCUT2D eigenvalue weighted by atomic mass is 16.5. The Kier molecular flexibility index (Phi) is 3.38. The predicted octanol–water partition coefficient (Wildman–Crippen LogP) is 0.655. The Labute approximate surface area is 102 Å². The zero-order valence-electron chi connectivity index (χ0n) is 10.7. The number of carbonyl (C=O) groups excluding carboxylic acids is 1. The fourth-order valence-corrected chi connectivity index (χ4v) is 2.42. The number of amides is 1. The van der Waals surface area contributed by atoms with Crippen molar-refractivity contribution >= 4 is 11.9 Å². The summed E-state index contributed by atoms with van der Waals surface area (Å²) in [4.78, 5) is 16.3. The Balaban J connectivity index is 2.13. The summed E-state index contributed by atoms with van der Waals surface area (Å²) >= 11 is 0.